The summed E-state index contributed by atoms with van der Waals surface area (Å²) in [4.78, 5) is 35.8. The molecule has 0 saturated carbocycles. The second-order valence-electron chi connectivity index (χ2n) is 6.21. The number of carbonyl (C=O) groups excluding carboxylic acids is 2. The second kappa shape index (κ2) is 9.33. The monoisotopic (exact) mass is 426 g/mol. The molecular formula is C19H20F2N2O7. The molecule has 30 heavy (non-hydrogen) atoms. The lowest BCUT2D eigenvalue weighted by atomic mass is 9.80. The molecule has 1 atom stereocenters. The highest BCUT2D eigenvalue weighted by molar-refractivity contribution is 6.00. The maximum Gasteiger partial charge on any atom is 0.387 e. The third-order valence-electron chi connectivity index (χ3n) is 4.39. The molecule has 1 aromatic carbocycles. The summed E-state index contributed by atoms with van der Waals surface area (Å²) < 4.78 is 40.4. The summed E-state index contributed by atoms with van der Waals surface area (Å²) in [5, 5.41) is 14.2. The Bertz CT molecular complexity index is 941. The Morgan fingerprint density at radius 1 is 1.20 bits per heavy atom. The minimum atomic E-state index is -3.24. The molecule has 0 fully saturated rings. The smallest absolute Gasteiger partial charge is 0.387 e. The van der Waals surface area contributed by atoms with E-state index in [-0.39, 0.29) is 34.7 Å². The van der Waals surface area contributed by atoms with Gasteiger partial charge in [-0.3, -0.25) is 10.1 Å². The SMILES string of the molecule is CCOC(=O)C1=C(C)NC(C)=C(C(=O)OC)[C@@H]1c1cc([N+](=O)[O-])ccc1OC(F)F. The Hall–Kier alpha value is -3.50. The number of allylic oxidation sites excluding steroid dienone is 2. The van der Waals surface area contributed by atoms with Crippen LogP contribution in [0.5, 0.6) is 5.75 Å². The van der Waals surface area contributed by atoms with E-state index in [0.29, 0.717) is 0 Å². The lowest BCUT2D eigenvalue weighted by Gasteiger charge is -2.31. The fourth-order valence-corrected chi connectivity index (χ4v) is 3.24. The molecule has 1 heterocycles. The maximum atomic E-state index is 13.0. The number of ether oxygens (including phenoxy) is 3. The topological polar surface area (TPSA) is 117 Å². The Morgan fingerprint density at radius 2 is 1.80 bits per heavy atom. The number of nitro groups is 1. The zero-order valence-corrected chi connectivity index (χ0v) is 16.7. The summed E-state index contributed by atoms with van der Waals surface area (Å²) >= 11 is 0. The highest BCUT2D eigenvalue weighted by Crippen LogP contribution is 2.44. The molecule has 0 saturated heterocycles. The summed E-state index contributed by atoms with van der Waals surface area (Å²) in [5.74, 6) is -3.40. The highest BCUT2D eigenvalue weighted by Gasteiger charge is 2.40. The van der Waals surface area contributed by atoms with Crippen molar-refractivity contribution in [3.63, 3.8) is 0 Å². The maximum absolute atomic E-state index is 13.0. The van der Waals surface area contributed by atoms with E-state index in [2.05, 4.69) is 10.1 Å². The van der Waals surface area contributed by atoms with Crippen LogP contribution in [0.25, 0.3) is 0 Å². The molecule has 0 radical (unpaired) electrons. The number of alkyl halides is 2. The van der Waals surface area contributed by atoms with Gasteiger partial charge in [-0.1, -0.05) is 0 Å². The number of hydrogen-bond acceptors (Lipinski definition) is 8. The number of nitro benzene ring substituents is 1. The second-order valence-corrected chi connectivity index (χ2v) is 6.21. The number of halogens is 2. The first-order chi connectivity index (χ1) is 14.1. The summed E-state index contributed by atoms with van der Waals surface area (Å²) in [5.41, 5.74) is -0.209. The molecule has 1 aromatic rings. The first-order valence-electron chi connectivity index (χ1n) is 8.79. The van der Waals surface area contributed by atoms with E-state index >= 15 is 0 Å². The molecule has 1 aliphatic rings. The standard InChI is InChI=1S/C19H20F2N2O7/c1-5-29-18(25)15-10(3)22-9(2)14(17(24)28-4)16(15)12-8-11(23(26)27)6-7-13(12)30-19(20)21/h6-8,16,19,22H,5H2,1-4H3/t16-/m0/s1. The van der Waals surface area contributed by atoms with Gasteiger partial charge in [-0.2, -0.15) is 8.78 Å². The van der Waals surface area contributed by atoms with Gasteiger partial charge in [0.25, 0.3) is 5.69 Å². The highest BCUT2D eigenvalue weighted by atomic mass is 19.3. The molecule has 1 aliphatic heterocycles. The van der Waals surface area contributed by atoms with Gasteiger partial charge in [-0.25, -0.2) is 9.59 Å². The molecule has 11 heteroatoms. The zero-order valence-electron chi connectivity index (χ0n) is 16.7. The predicted octanol–water partition coefficient (Wildman–Crippen LogP) is 3.17. The quantitative estimate of drug-likeness (QED) is 0.401. The number of carbonyl (C=O) groups is 2. The van der Waals surface area contributed by atoms with Crippen LogP contribution < -0.4 is 10.1 Å². The van der Waals surface area contributed by atoms with Crippen LogP contribution in [-0.2, 0) is 19.1 Å². The number of esters is 2. The van der Waals surface area contributed by atoms with Crippen LogP contribution >= 0.6 is 0 Å². The molecule has 2 rings (SSSR count). The number of hydrogen-bond donors (Lipinski definition) is 1. The third kappa shape index (κ3) is 4.56. The first kappa shape index (κ1) is 22.8. The number of benzene rings is 1. The minimum Gasteiger partial charge on any atom is -0.466 e. The van der Waals surface area contributed by atoms with Crippen molar-refractivity contribution in [3.05, 3.63) is 56.4 Å². The van der Waals surface area contributed by atoms with Crippen molar-refractivity contribution < 1.29 is 37.5 Å². The van der Waals surface area contributed by atoms with Crippen LogP contribution in [0.3, 0.4) is 0 Å². The van der Waals surface area contributed by atoms with Crippen LogP contribution in [-0.4, -0.2) is 37.2 Å². The zero-order chi connectivity index (χ0) is 22.6. The van der Waals surface area contributed by atoms with E-state index in [1.807, 2.05) is 0 Å². The van der Waals surface area contributed by atoms with Gasteiger partial charge in [0.2, 0.25) is 0 Å². The van der Waals surface area contributed by atoms with Gasteiger partial charge in [0, 0.05) is 29.1 Å². The Kier molecular flexibility index (Phi) is 7.09. The lowest BCUT2D eigenvalue weighted by molar-refractivity contribution is -0.385. The molecule has 1 N–H and O–H groups in total. The first-order valence-corrected chi connectivity index (χ1v) is 8.79. The van der Waals surface area contributed by atoms with Crippen molar-refractivity contribution in [2.24, 2.45) is 0 Å². The van der Waals surface area contributed by atoms with Crippen LogP contribution in [0.4, 0.5) is 14.5 Å². The summed E-state index contributed by atoms with van der Waals surface area (Å²) in [7, 11) is 1.11. The van der Waals surface area contributed by atoms with Crippen LogP contribution in [0.1, 0.15) is 32.3 Å². The molecule has 0 unspecified atom stereocenters. The molecule has 9 nitrogen and oxygen atoms in total. The normalized spacial score (nSPS) is 16.3. The molecule has 162 valence electrons. The number of nitrogens with zero attached hydrogens (tertiary/aromatic N) is 1. The van der Waals surface area contributed by atoms with Gasteiger partial charge in [-0.15, -0.1) is 0 Å². The summed E-state index contributed by atoms with van der Waals surface area (Å²) in [6.45, 7) is 1.39. The minimum absolute atomic E-state index is 0.00785. The van der Waals surface area contributed by atoms with E-state index in [1.54, 1.807) is 6.92 Å². The molecule has 0 spiro atoms. The van der Waals surface area contributed by atoms with Crippen molar-refractivity contribution in [1.29, 1.82) is 0 Å². The van der Waals surface area contributed by atoms with Crippen molar-refractivity contribution in [1.82, 2.24) is 5.32 Å². The fraction of sp³-hybridized carbons (Fsp3) is 0.368. The van der Waals surface area contributed by atoms with Crippen molar-refractivity contribution in [3.8, 4) is 5.75 Å². The van der Waals surface area contributed by atoms with E-state index in [1.165, 1.54) is 13.8 Å². The Morgan fingerprint density at radius 3 is 2.30 bits per heavy atom. The van der Waals surface area contributed by atoms with E-state index < -0.39 is 40.8 Å². The fourth-order valence-electron chi connectivity index (χ4n) is 3.24. The van der Waals surface area contributed by atoms with Gasteiger partial charge in [0.05, 0.1) is 35.7 Å². The van der Waals surface area contributed by atoms with Crippen molar-refractivity contribution in [2.45, 2.75) is 33.3 Å². The van der Waals surface area contributed by atoms with Crippen LogP contribution in [0.2, 0.25) is 0 Å². The summed E-state index contributed by atoms with van der Waals surface area (Å²) in [6, 6.07) is 2.96. The third-order valence-corrected chi connectivity index (χ3v) is 4.39. The number of nitrogens with one attached hydrogen (secondary N) is 1. The predicted molar refractivity (Wildman–Crippen MR) is 99.7 cm³/mol. The Balaban J connectivity index is 2.85. The van der Waals surface area contributed by atoms with Crippen molar-refractivity contribution in [2.75, 3.05) is 13.7 Å². The van der Waals surface area contributed by atoms with Gasteiger partial charge in [-0.05, 0) is 26.8 Å². The number of dihydropyridines is 1. The molecular weight excluding hydrogens is 406 g/mol. The van der Waals surface area contributed by atoms with E-state index in [9.17, 15) is 28.5 Å². The average Bonchev–Trinajstić information content (AvgIpc) is 2.66. The van der Waals surface area contributed by atoms with Crippen LogP contribution in [0, 0.1) is 10.1 Å². The van der Waals surface area contributed by atoms with Gasteiger partial charge in [0.1, 0.15) is 5.75 Å². The molecule has 0 aliphatic carbocycles. The largest absolute Gasteiger partial charge is 0.466 e. The number of non-ortho nitro benzene ring substituents is 1. The van der Waals surface area contributed by atoms with Crippen LogP contribution in [0.15, 0.2) is 40.7 Å². The van der Waals surface area contributed by atoms with E-state index in [0.717, 1.165) is 25.3 Å². The summed E-state index contributed by atoms with van der Waals surface area (Å²) in [6.07, 6.45) is 0. The number of methoxy groups -OCH3 is 1. The Labute approximate surface area is 170 Å². The van der Waals surface area contributed by atoms with Crippen molar-refractivity contribution >= 4 is 17.6 Å². The van der Waals surface area contributed by atoms with Gasteiger partial charge < -0.3 is 19.5 Å². The van der Waals surface area contributed by atoms with Gasteiger partial charge >= 0.3 is 18.6 Å². The molecule has 0 amide bonds. The van der Waals surface area contributed by atoms with Gasteiger partial charge in [0.15, 0.2) is 0 Å². The average molecular weight is 426 g/mol. The lowest BCUT2D eigenvalue weighted by Crippen LogP contribution is -2.32. The molecule has 0 aromatic heterocycles. The number of rotatable bonds is 7. The van der Waals surface area contributed by atoms with E-state index in [4.69, 9.17) is 9.47 Å². The molecule has 0 bridgehead atoms.